The van der Waals surface area contributed by atoms with Gasteiger partial charge < -0.3 is 19.7 Å². The highest BCUT2D eigenvalue weighted by Gasteiger charge is 2.35. The van der Waals surface area contributed by atoms with E-state index in [2.05, 4.69) is 4.79 Å². The molecule has 0 saturated heterocycles. The molecule has 0 aliphatic heterocycles. The quantitative estimate of drug-likeness (QED) is 0.0716. The molecule has 0 bridgehead atoms. The molecule has 188 valence electrons. The summed E-state index contributed by atoms with van der Waals surface area (Å²) in [7, 11) is -4.55. The van der Waals surface area contributed by atoms with E-state index in [0.29, 0.717) is 25.7 Å². The van der Waals surface area contributed by atoms with Crippen molar-refractivity contribution in [2.75, 3.05) is 19.8 Å². The topological polar surface area (TPSA) is 149 Å². The first-order valence-corrected chi connectivity index (χ1v) is 12.8. The van der Waals surface area contributed by atoms with Gasteiger partial charge in [0.15, 0.2) is 0 Å². The molecule has 0 heterocycles. The molecular weight excluding hydrogens is 464 g/mol. The predicted octanol–water partition coefficient (Wildman–Crippen LogP) is 3.90. The van der Waals surface area contributed by atoms with E-state index >= 15 is 0 Å². The molecule has 34 heavy (non-hydrogen) atoms. The van der Waals surface area contributed by atoms with Gasteiger partial charge in [-0.05, 0) is 37.8 Å². The van der Waals surface area contributed by atoms with Gasteiger partial charge >= 0.3 is 23.5 Å². The van der Waals surface area contributed by atoms with Crippen LogP contribution < -0.4 is 0 Å². The first kappa shape index (κ1) is 29.0. The van der Waals surface area contributed by atoms with E-state index < -0.39 is 43.8 Å². The van der Waals surface area contributed by atoms with Gasteiger partial charge in [0.2, 0.25) is 0 Å². The van der Waals surface area contributed by atoms with Crippen LogP contribution in [-0.4, -0.2) is 56.5 Å². The van der Waals surface area contributed by atoms with Crippen LogP contribution in [0.25, 0.3) is 5.53 Å². The van der Waals surface area contributed by atoms with E-state index in [1.807, 2.05) is 20.8 Å². The van der Waals surface area contributed by atoms with Crippen LogP contribution in [0.1, 0.15) is 95.9 Å². The van der Waals surface area contributed by atoms with Gasteiger partial charge in [-0.15, -0.1) is 0 Å². The Morgan fingerprint density at radius 3 is 1.74 bits per heavy atom. The summed E-state index contributed by atoms with van der Waals surface area (Å²) in [6.07, 6.45) is 3.85. The van der Waals surface area contributed by atoms with E-state index in [-0.39, 0.29) is 36.5 Å². The Labute approximate surface area is 200 Å². The van der Waals surface area contributed by atoms with Crippen molar-refractivity contribution < 1.29 is 41.8 Å². The molecule has 0 amide bonds. The summed E-state index contributed by atoms with van der Waals surface area (Å²) in [6, 6.07) is 0.930. The summed E-state index contributed by atoms with van der Waals surface area (Å²) in [5, 5.41) is 0. The largest absolute Gasteiger partial charge is 0.462 e. The van der Waals surface area contributed by atoms with Crippen LogP contribution in [0.5, 0.6) is 0 Å². The lowest BCUT2D eigenvalue weighted by Gasteiger charge is -2.17. The Kier molecular flexibility index (Phi) is 12.2. The smallest absolute Gasteiger partial charge is 0.374 e. The van der Waals surface area contributed by atoms with Crippen molar-refractivity contribution in [2.24, 2.45) is 0 Å². The van der Waals surface area contributed by atoms with Gasteiger partial charge in [-0.25, -0.2) is 22.8 Å². The number of sulfone groups is 1. The first-order chi connectivity index (χ1) is 16.2. The van der Waals surface area contributed by atoms with Crippen LogP contribution in [0.2, 0.25) is 0 Å². The Balaban J connectivity index is 3.84. The van der Waals surface area contributed by atoms with E-state index in [4.69, 9.17) is 19.7 Å². The van der Waals surface area contributed by atoms with Crippen molar-refractivity contribution in [2.45, 2.75) is 71.1 Å². The van der Waals surface area contributed by atoms with Crippen molar-refractivity contribution in [3.8, 4) is 0 Å². The fourth-order valence-electron chi connectivity index (χ4n) is 2.92. The van der Waals surface area contributed by atoms with Crippen molar-refractivity contribution >= 4 is 33.3 Å². The third-order valence-electron chi connectivity index (χ3n) is 4.86. The van der Waals surface area contributed by atoms with Crippen LogP contribution in [-0.2, 0) is 24.0 Å². The van der Waals surface area contributed by atoms with Crippen LogP contribution in [0, 0.1) is 6.92 Å². The Hall–Kier alpha value is -3.04. The molecule has 0 aliphatic rings. The molecule has 0 aromatic heterocycles. The highest BCUT2D eigenvalue weighted by atomic mass is 32.2. The summed E-state index contributed by atoms with van der Waals surface area (Å²) in [4.78, 5) is 40.6. The van der Waals surface area contributed by atoms with Gasteiger partial charge in [0.25, 0.3) is 9.84 Å². The van der Waals surface area contributed by atoms with Gasteiger partial charge in [0, 0.05) is 0 Å². The van der Waals surface area contributed by atoms with E-state index in [1.54, 1.807) is 0 Å². The standard InChI is InChI=1S/C23H32N2O8S/c1-5-8-11-31-21(26)17-14-18(34(29,30)15-25-24)20(23(28)33-13-10-7-3)19(16(17)4)22(27)32-12-9-6-2/h14-15H,5-13H2,1-4H3. The zero-order valence-corrected chi connectivity index (χ0v) is 20.9. The lowest BCUT2D eigenvalue weighted by Crippen LogP contribution is -2.23. The number of ether oxygens (including phenoxy) is 3. The molecular formula is C23H32N2O8S. The third kappa shape index (κ3) is 7.78. The molecule has 0 radical (unpaired) electrons. The number of hydrogen-bond donors (Lipinski definition) is 0. The molecule has 0 atom stereocenters. The molecule has 0 aliphatic carbocycles. The normalized spacial score (nSPS) is 10.8. The number of hydrogen-bond acceptors (Lipinski definition) is 8. The van der Waals surface area contributed by atoms with Crippen molar-refractivity contribution in [3.63, 3.8) is 0 Å². The van der Waals surface area contributed by atoms with Crippen molar-refractivity contribution in [1.29, 1.82) is 0 Å². The summed E-state index contributed by atoms with van der Waals surface area (Å²) >= 11 is 0. The van der Waals surface area contributed by atoms with Crippen LogP contribution in [0.15, 0.2) is 11.0 Å². The molecule has 10 nitrogen and oxygen atoms in total. The Bertz CT molecular complexity index is 1040. The SMILES string of the molecule is CCCCOC(=O)c1cc(S(=O)(=O)C=[N+]=[N-])c(C(=O)OCCCC)c(C(=O)OCCCC)c1C. The lowest BCUT2D eigenvalue weighted by molar-refractivity contribution is 0.00751. The van der Waals surface area contributed by atoms with Gasteiger partial charge in [0.1, 0.15) is 0 Å². The van der Waals surface area contributed by atoms with E-state index in [9.17, 15) is 22.8 Å². The fourth-order valence-corrected chi connectivity index (χ4v) is 3.91. The first-order valence-electron chi connectivity index (χ1n) is 11.3. The maximum Gasteiger partial charge on any atom is 0.374 e. The average molecular weight is 497 g/mol. The van der Waals surface area contributed by atoms with Gasteiger partial charge in [-0.1, -0.05) is 40.0 Å². The number of esters is 3. The number of unbranched alkanes of at least 4 members (excludes halogenated alkanes) is 3. The maximum atomic E-state index is 13.0. The monoisotopic (exact) mass is 496 g/mol. The number of nitrogens with zero attached hydrogens (tertiary/aromatic N) is 2. The summed E-state index contributed by atoms with van der Waals surface area (Å²) in [6.45, 7) is 7.18. The molecule has 11 heteroatoms. The molecule has 1 aromatic rings. The van der Waals surface area contributed by atoms with Gasteiger partial charge in [-0.2, -0.15) is 4.79 Å². The number of carbonyl (C=O) groups excluding carboxylic acids is 3. The molecule has 1 aromatic carbocycles. The summed E-state index contributed by atoms with van der Waals surface area (Å²) in [5.41, 5.74) is 7.86. The van der Waals surface area contributed by atoms with E-state index in [1.165, 1.54) is 6.92 Å². The Morgan fingerprint density at radius 2 is 1.29 bits per heavy atom. The number of carbonyl (C=O) groups is 3. The second-order valence-electron chi connectivity index (χ2n) is 7.53. The lowest BCUT2D eigenvalue weighted by atomic mass is 9.96. The summed E-state index contributed by atoms with van der Waals surface area (Å²) < 4.78 is 41.3. The van der Waals surface area contributed by atoms with Gasteiger partial charge in [-0.3, -0.25) is 0 Å². The molecule has 0 spiro atoms. The highest BCUT2D eigenvalue weighted by Crippen LogP contribution is 2.29. The molecule has 0 saturated carbocycles. The summed E-state index contributed by atoms with van der Waals surface area (Å²) in [5.74, 6) is -2.92. The molecule has 0 fully saturated rings. The number of benzene rings is 1. The predicted molar refractivity (Wildman–Crippen MR) is 124 cm³/mol. The van der Waals surface area contributed by atoms with Gasteiger partial charge in [0.05, 0.1) is 41.4 Å². The Morgan fingerprint density at radius 1 is 0.853 bits per heavy atom. The third-order valence-corrected chi connectivity index (χ3v) is 6.17. The fraction of sp³-hybridized carbons (Fsp3) is 0.565. The van der Waals surface area contributed by atoms with Crippen LogP contribution in [0.3, 0.4) is 0 Å². The zero-order chi connectivity index (χ0) is 25.7. The average Bonchev–Trinajstić information content (AvgIpc) is 2.78. The molecule has 0 N–H and O–H groups in total. The molecule has 1 rings (SSSR count). The minimum absolute atomic E-state index is 0.00685. The van der Waals surface area contributed by atoms with Crippen LogP contribution in [0.4, 0.5) is 0 Å². The zero-order valence-electron chi connectivity index (χ0n) is 20.1. The molecule has 0 unspecified atom stereocenters. The minimum Gasteiger partial charge on any atom is -0.462 e. The highest BCUT2D eigenvalue weighted by molar-refractivity contribution is 8.04. The minimum atomic E-state index is -4.55. The van der Waals surface area contributed by atoms with Crippen molar-refractivity contribution in [1.82, 2.24) is 0 Å². The van der Waals surface area contributed by atoms with Crippen LogP contribution >= 0.6 is 0 Å². The second-order valence-corrected chi connectivity index (χ2v) is 9.27. The maximum absolute atomic E-state index is 13.0. The number of rotatable bonds is 14. The van der Waals surface area contributed by atoms with E-state index in [0.717, 1.165) is 18.9 Å². The second kappa shape index (κ2) is 14.3. The van der Waals surface area contributed by atoms with Crippen molar-refractivity contribution in [3.05, 3.63) is 33.9 Å².